The Kier molecular flexibility index (Phi) is 4.47. The summed E-state index contributed by atoms with van der Waals surface area (Å²) in [4.78, 5) is 2.34. The highest BCUT2D eigenvalue weighted by molar-refractivity contribution is 6.31. The SMILES string of the molecule is CCc1nn(C)c(CN2CCC(=NO)C(C)C2)c1Cl. The molecule has 2 heterocycles. The van der Waals surface area contributed by atoms with Gasteiger partial charge in [-0.05, 0) is 6.42 Å². The largest absolute Gasteiger partial charge is 0.411 e. The maximum absolute atomic E-state index is 8.90. The maximum atomic E-state index is 8.90. The van der Waals surface area contributed by atoms with Gasteiger partial charge in [-0.2, -0.15) is 5.10 Å². The predicted octanol–water partition coefficient (Wildman–Crippen LogP) is 2.31. The van der Waals surface area contributed by atoms with Gasteiger partial charge in [-0.15, -0.1) is 0 Å². The molecule has 19 heavy (non-hydrogen) atoms. The number of hydrogen-bond donors (Lipinski definition) is 1. The molecule has 1 N–H and O–H groups in total. The van der Waals surface area contributed by atoms with Crippen LogP contribution in [0.5, 0.6) is 0 Å². The van der Waals surface area contributed by atoms with Crippen molar-refractivity contribution in [1.82, 2.24) is 14.7 Å². The van der Waals surface area contributed by atoms with Crippen LogP contribution in [0.3, 0.4) is 0 Å². The van der Waals surface area contributed by atoms with E-state index in [1.807, 2.05) is 11.7 Å². The molecule has 1 aliphatic rings. The van der Waals surface area contributed by atoms with Crippen molar-refractivity contribution in [1.29, 1.82) is 0 Å². The summed E-state index contributed by atoms with van der Waals surface area (Å²) in [6.45, 7) is 6.73. The van der Waals surface area contributed by atoms with Crippen LogP contribution in [0.2, 0.25) is 5.02 Å². The van der Waals surface area contributed by atoms with Gasteiger partial charge in [-0.1, -0.05) is 30.6 Å². The fourth-order valence-corrected chi connectivity index (χ4v) is 2.95. The first kappa shape index (κ1) is 14.3. The molecule has 1 saturated heterocycles. The molecule has 2 rings (SSSR count). The monoisotopic (exact) mass is 284 g/mol. The number of oxime groups is 1. The summed E-state index contributed by atoms with van der Waals surface area (Å²) in [5.74, 6) is 0.288. The highest BCUT2D eigenvalue weighted by Crippen LogP contribution is 2.24. The Morgan fingerprint density at radius 1 is 1.53 bits per heavy atom. The molecule has 1 aromatic heterocycles. The fraction of sp³-hybridized carbons (Fsp3) is 0.692. The summed E-state index contributed by atoms with van der Waals surface area (Å²) in [5, 5.41) is 17.5. The lowest BCUT2D eigenvalue weighted by Crippen LogP contribution is -2.39. The smallest absolute Gasteiger partial charge is 0.0863 e. The minimum absolute atomic E-state index is 0.288. The number of piperidine rings is 1. The molecule has 0 aliphatic carbocycles. The molecule has 1 aliphatic heterocycles. The van der Waals surface area contributed by atoms with E-state index >= 15 is 0 Å². The van der Waals surface area contributed by atoms with Gasteiger partial charge < -0.3 is 5.21 Å². The molecular weight excluding hydrogens is 264 g/mol. The van der Waals surface area contributed by atoms with Gasteiger partial charge in [-0.25, -0.2) is 0 Å². The van der Waals surface area contributed by atoms with Crippen LogP contribution in [0.4, 0.5) is 0 Å². The second kappa shape index (κ2) is 5.92. The third kappa shape index (κ3) is 2.92. The standard InChI is InChI=1S/C13H21ClN4O/c1-4-10-13(14)12(17(3)15-10)8-18-6-5-11(16-19)9(2)7-18/h9,19H,4-8H2,1-3H3. The van der Waals surface area contributed by atoms with E-state index in [2.05, 4.69) is 29.0 Å². The van der Waals surface area contributed by atoms with Crippen molar-refractivity contribution >= 4 is 17.3 Å². The number of aromatic nitrogens is 2. The topological polar surface area (TPSA) is 53.7 Å². The second-order valence-corrected chi connectivity index (χ2v) is 5.54. The van der Waals surface area contributed by atoms with Crippen LogP contribution in [0.1, 0.15) is 31.7 Å². The average Bonchev–Trinajstić information content (AvgIpc) is 2.66. The van der Waals surface area contributed by atoms with Gasteiger partial charge in [-0.3, -0.25) is 9.58 Å². The predicted molar refractivity (Wildman–Crippen MR) is 75.9 cm³/mol. The Hall–Kier alpha value is -1.07. The van der Waals surface area contributed by atoms with Crippen molar-refractivity contribution < 1.29 is 5.21 Å². The van der Waals surface area contributed by atoms with Crippen LogP contribution in [0, 0.1) is 5.92 Å². The molecule has 1 fully saturated rings. The summed E-state index contributed by atoms with van der Waals surface area (Å²) >= 11 is 6.37. The van der Waals surface area contributed by atoms with Crippen molar-refractivity contribution in [3.63, 3.8) is 0 Å². The molecule has 0 radical (unpaired) electrons. The van der Waals surface area contributed by atoms with Gasteiger partial charge in [0.25, 0.3) is 0 Å². The molecule has 0 saturated carbocycles. The summed E-state index contributed by atoms with van der Waals surface area (Å²) in [7, 11) is 1.94. The highest BCUT2D eigenvalue weighted by atomic mass is 35.5. The number of likely N-dealkylation sites (tertiary alicyclic amines) is 1. The van der Waals surface area contributed by atoms with Crippen LogP contribution in [-0.4, -0.2) is 38.7 Å². The first-order valence-electron chi connectivity index (χ1n) is 6.70. The van der Waals surface area contributed by atoms with Gasteiger partial charge in [0.05, 0.1) is 22.1 Å². The fourth-order valence-electron chi connectivity index (χ4n) is 2.60. The lowest BCUT2D eigenvalue weighted by atomic mass is 9.97. The van der Waals surface area contributed by atoms with Crippen molar-refractivity contribution in [2.45, 2.75) is 33.2 Å². The maximum Gasteiger partial charge on any atom is 0.0863 e. The zero-order chi connectivity index (χ0) is 14.0. The molecule has 1 atom stereocenters. The lowest BCUT2D eigenvalue weighted by Gasteiger charge is -2.31. The number of halogens is 1. The molecule has 0 aromatic carbocycles. The second-order valence-electron chi connectivity index (χ2n) is 5.16. The van der Waals surface area contributed by atoms with Crippen LogP contribution >= 0.6 is 11.6 Å². The quantitative estimate of drug-likeness (QED) is 0.684. The van der Waals surface area contributed by atoms with Crippen LogP contribution < -0.4 is 0 Å². The molecule has 106 valence electrons. The first-order chi connectivity index (χ1) is 9.06. The zero-order valence-electron chi connectivity index (χ0n) is 11.7. The third-order valence-corrected chi connectivity index (χ3v) is 4.23. The lowest BCUT2D eigenvalue weighted by molar-refractivity contribution is 0.223. The Labute approximate surface area is 118 Å². The molecule has 0 bridgehead atoms. The Morgan fingerprint density at radius 3 is 2.79 bits per heavy atom. The van der Waals surface area contributed by atoms with Crippen molar-refractivity contribution in [2.24, 2.45) is 18.1 Å². The van der Waals surface area contributed by atoms with Crippen molar-refractivity contribution in [3.05, 3.63) is 16.4 Å². The molecule has 0 spiro atoms. The van der Waals surface area contributed by atoms with E-state index in [-0.39, 0.29) is 5.92 Å². The van der Waals surface area contributed by atoms with Crippen LogP contribution in [-0.2, 0) is 20.0 Å². The van der Waals surface area contributed by atoms with Gasteiger partial charge in [0.1, 0.15) is 0 Å². The number of hydrogen-bond acceptors (Lipinski definition) is 4. The van der Waals surface area contributed by atoms with Gasteiger partial charge in [0.2, 0.25) is 0 Å². The van der Waals surface area contributed by atoms with E-state index in [1.165, 1.54) is 0 Å². The van der Waals surface area contributed by atoms with Gasteiger partial charge >= 0.3 is 0 Å². The average molecular weight is 285 g/mol. The molecule has 1 unspecified atom stereocenters. The normalized spacial score (nSPS) is 23.2. The zero-order valence-corrected chi connectivity index (χ0v) is 12.5. The van der Waals surface area contributed by atoms with Crippen molar-refractivity contribution in [3.8, 4) is 0 Å². The summed E-state index contributed by atoms with van der Waals surface area (Å²) in [6, 6.07) is 0. The summed E-state index contributed by atoms with van der Waals surface area (Å²) < 4.78 is 1.88. The van der Waals surface area contributed by atoms with Gasteiger partial charge in [0.15, 0.2) is 0 Å². The van der Waals surface area contributed by atoms with Gasteiger partial charge in [0, 0.05) is 39.0 Å². The highest BCUT2D eigenvalue weighted by Gasteiger charge is 2.24. The van der Waals surface area contributed by atoms with Crippen LogP contribution in [0.15, 0.2) is 5.16 Å². The Bertz CT molecular complexity index is 483. The Morgan fingerprint density at radius 2 is 2.26 bits per heavy atom. The van der Waals surface area contributed by atoms with E-state index < -0.39 is 0 Å². The molecule has 5 nitrogen and oxygen atoms in total. The number of nitrogens with zero attached hydrogens (tertiary/aromatic N) is 4. The molecular formula is C13H21ClN4O. The van der Waals surface area contributed by atoms with Crippen LogP contribution in [0.25, 0.3) is 0 Å². The first-order valence-corrected chi connectivity index (χ1v) is 7.08. The molecule has 0 amide bonds. The molecule has 6 heteroatoms. The minimum Gasteiger partial charge on any atom is -0.411 e. The van der Waals surface area contributed by atoms with E-state index in [0.717, 1.165) is 54.6 Å². The summed E-state index contributed by atoms with van der Waals surface area (Å²) in [5.41, 5.74) is 2.92. The van der Waals surface area contributed by atoms with E-state index in [0.29, 0.717) is 0 Å². The van der Waals surface area contributed by atoms with E-state index in [1.54, 1.807) is 0 Å². The van der Waals surface area contributed by atoms with Crippen molar-refractivity contribution in [2.75, 3.05) is 13.1 Å². The minimum atomic E-state index is 0.288. The number of rotatable bonds is 3. The number of aryl methyl sites for hydroxylation is 2. The van der Waals surface area contributed by atoms with E-state index in [9.17, 15) is 0 Å². The van der Waals surface area contributed by atoms with E-state index in [4.69, 9.17) is 16.8 Å². The summed E-state index contributed by atoms with van der Waals surface area (Å²) in [6.07, 6.45) is 1.66. The third-order valence-electron chi connectivity index (χ3n) is 3.79. The molecule has 1 aromatic rings. The Balaban J connectivity index is 2.08.